The second-order valence-corrected chi connectivity index (χ2v) is 4.07. The number of fused-ring (bicyclic) bond motifs is 1. The molecule has 0 aliphatic heterocycles. The molecule has 19 heavy (non-hydrogen) atoms. The number of carbonyl (C=O) groups is 1. The van der Waals surface area contributed by atoms with E-state index in [4.69, 9.17) is 0 Å². The van der Waals surface area contributed by atoms with Gasteiger partial charge in [0.2, 0.25) is 0 Å². The van der Waals surface area contributed by atoms with Crippen LogP contribution in [0.25, 0.3) is 10.9 Å². The van der Waals surface area contributed by atoms with Crippen molar-refractivity contribution >= 4 is 16.9 Å². The van der Waals surface area contributed by atoms with Crippen LogP contribution in [0.3, 0.4) is 0 Å². The molecule has 2 aromatic rings. The number of benzene rings is 1. The largest absolute Gasteiger partial charge is 1.00 e. The maximum Gasteiger partial charge on any atom is 1.00 e. The number of rotatable bonds is 4. The Morgan fingerprint density at radius 2 is 2.11 bits per heavy atom. The van der Waals surface area contributed by atoms with Crippen molar-refractivity contribution in [2.45, 2.75) is 18.9 Å². The van der Waals surface area contributed by atoms with E-state index in [1.54, 1.807) is 24.4 Å². The second-order valence-electron chi connectivity index (χ2n) is 4.07. The third kappa shape index (κ3) is 3.91. The van der Waals surface area contributed by atoms with Gasteiger partial charge in [-0.1, -0.05) is 6.07 Å². The van der Waals surface area contributed by atoms with Crippen molar-refractivity contribution in [3.05, 3.63) is 46.2 Å². The number of hydrogen-bond donors (Lipinski definition) is 2. The average Bonchev–Trinajstić information content (AvgIpc) is 2.36. The molecule has 1 heterocycles. The summed E-state index contributed by atoms with van der Waals surface area (Å²) in [4.78, 5) is 24.9. The van der Waals surface area contributed by atoms with Crippen molar-refractivity contribution in [2.24, 2.45) is 0 Å². The smallest absolute Gasteiger partial charge is 0.550 e. The predicted molar refractivity (Wildman–Crippen MR) is 63.8 cm³/mol. The van der Waals surface area contributed by atoms with Crippen LogP contribution in [0.1, 0.15) is 24.5 Å². The number of pyridine rings is 1. The van der Waals surface area contributed by atoms with Crippen molar-refractivity contribution in [1.82, 2.24) is 4.98 Å². The molecule has 1 unspecified atom stereocenters. The Hall–Kier alpha value is -1.14. The SMILES string of the molecule is O=C([O-])CCC(O)c1ccc2[nH]ccc(=O)c2c1.[Na+]. The van der Waals surface area contributed by atoms with E-state index in [0.717, 1.165) is 0 Å². The van der Waals surface area contributed by atoms with Gasteiger partial charge in [0.25, 0.3) is 0 Å². The minimum atomic E-state index is -1.20. The van der Waals surface area contributed by atoms with Gasteiger partial charge in [-0.05, 0) is 30.5 Å². The summed E-state index contributed by atoms with van der Waals surface area (Å²) >= 11 is 0. The molecular formula is C13H12NNaO4. The number of aromatic nitrogens is 1. The first-order chi connectivity index (χ1) is 8.58. The first-order valence-electron chi connectivity index (χ1n) is 5.57. The number of H-pyrrole nitrogens is 1. The zero-order chi connectivity index (χ0) is 13.1. The summed E-state index contributed by atoms with van der Waals surface area (Å²) in [5, 5.41) is 20.6. The molecule has 0 bridgehead atoms. The topological polar surface area (TPSA) is 93.2 Å². The summed E-state index contributed by atoms with van der Waals surface area (Å²) in [7, 11) is 0. The summed E-state index contributed by atoms with van der Waals surface area (Å²) in [6.07, 6.45) is 0.492. The van der Waals surface area contributed by atoms with E-state index >= 15 is 0 Å². The molecule has 2 rings (SSSR count). The summed E-state index contributed by atoms with van der Waals surface area (Å²) < 4.78 is 0. The molecule has 0 spiro atoms. The second kappa shape index (κ2) is 6.86. The van der Waals surface area contributed by atoms with E-state index in [9.17, 15) is 19.8 Å². The number of aliphatic hydroxyl groups is 1. The number of aliphatic hydroxyl groups excluding tert-OH is 1. The van der Waals surface area contributed by atoms with E-state index in [-0.39, 0.29) is 47.8 Å². The van der Waals surface area contributed by atoms with E-state index < -0.39 is 12.1 Å². The number of carboxylic acids is 1. The third-order valence-electron chi connectivity index (χ3n) is 2.79. The van der Waals surface area contributed by atoms with Gasteiger partial charge in [-0.25, -0.2) is 0 Å². The van der Waals surface area contributed by atoms with Crippen LogP contribution in [-0.2, 0) is 4.79 Å². The first-order valence-corrected chi connectivity index (χ1v) is 5.57. The zero-order valence-corrected chi connectivity index (χ0v) is 12.6. The van der Waals surface area contributed by atoms with Gasteiger partial charge in [0, 0.05) is 29.1 Å². The van der Waals surface area contributed by atoms with Gasteiger partial charge in [0.05, 0.1) is 6.10 Å². The zero-order valence-electron chi connectivity index (χ0n) is 10.6. The monoisotopic (exact) mass is 269 g/mol. The quantitative estimate of drug-likeness (QED) is 0.582. The van der Waals surface area contributed by atoms with Crippen LogP contribution in [0.5, 0.6) is 0 Å². The van der Waals surface area contributed by atoms with Crippen molar-refractivity contribution in [1.29, 1.82) is 0 Å². The number of aliphatic carboxylic acids is 1. The number of carbonyl (C=O) groups excluding carboxylic acids is 1. The van der Waals surface area contributed by atoms with E-state index in [1.165, 1.54) is 6.07 Å². The van der Waals surface area contributed by atoms with Crippen LogP contribution in [0.15, 0.2) is 35.3 Å². The summed E-state index contributed by atoms with van der Waals surface area (Å²) in [5.41, 5.74) is 1.07. The third-order valence-corrected chi connectivity index (χ3v) is 2.79. The maximum atomic E-state index is 11.6. The van der Waals surface area contributed by atoms with Crippen molar-refractivity contribution in [3.8, 4) is 0 Å². The molecule has 6 heteroatoms. The molecule has 0 fully saturated rings. The summed E-state index contributed by atoms with van der Waals surface area (Å²) in [6, 6.07) is 6.33. The maximum absolute atomic E-state index is 11.6. The van der Waals surface area contributed by atoms with Crippen LogP contribution in [0.2, 0.25) is 0 Å². The molecule has 0 saturated carbocycles. The number of aromatic amines is 1. The van der Waals surface area contributed by atoms with Crippen LogP contribution in [-0.4, -0.2) is 16.1 Å². The van der Waals surface area contributed by atoms with Crippen LogP contribution >= 0.6 is 0 Å². The molecule has 94 valence electrons. The molecule has 0 aliphatic carbocycles. The van der Waals surface area contributed by atoms with E-state index in [0.29, 0.717) is 16.5 Å². The minimum absolute atomic E-state index is 0. The van der Waals surface area contributed by atoms with Crippen LogP contribution in [0.4, 0.5) is 0 Å². The Morgan fingerprint density at radius 1 is 1.37 bits per heavy atom. The Labute approximate surface area is 131 Å². The Bertz CT molecular complexity index is 638. The Morgan fingerprint density at radius 3 is 2.79 bits per heavy atom. The minimum Gasteiger partial charge on any atom is -0.550 e. The van der Waals surface area contributed by atoms with E-state index in [1.807, 2.05) is 0 Å². The van der Waals surface area contributed by atoms with Crippen molar-refractivity contribution in [3.63, 3.8) is 0 Å². The van der Waals surface area contributed by atoms with E-state index in [2.05, 4.69) is 4.98 Å². The molecule has 0 radical (unpaired) electrons. The molecular weight excluding hydrogens is 257 g/mol. The van der Waals surface area contributed by atoms with Crippen LogP contribution in [0, 0.1) is 0 Å². The van der Waals surface area contributed by atoms with Gasteiger partial charge in [-0.3, -0.25) is 4.79 Å². The molecule has 1 aromatic heterocycles. The fraction of sp³-hybridized carbons (Fsp3) is 0.231. The number of hydrogen-bond acceptors (Lipinski definition) is 4. The van der Waals surface area contributed by atoms with Crippen molar-refractivity contribution < 1.29 is 44.6 Å². The van der Waals surface area contributed by atoms with Crippen molar-refractivity contribution in [2.75, 3.05) is 0 Å². The average molecular weight is 269 g/mol. The molecule has 5 nitrogen and oxygen atoms in total. The van der Waals surface area contributed by atoms with Gasteiger partial charge < -0.3 is 20.0 Å². The Kier molecular flexibility index (Phi) is 5.75. The standard InChI is InChI=1S/C13H13NO4.Na/c15-11(3-4-13(17)18)8-1-2-10-9(7-8)12(16)5-6-14-10;/h1-2,5-7,11,15H,3-4H2,(H,14,16)(H,17,18);/q;+1/p-1. The summed E-state index contributed by atoms with van der Waals surface area (Å²) in [5.74, 6) is -1.20. The van der Waals surface area contributed by atoms with Gasteiger partial charge >= 0.3 is 29.6 Å². The first kappa shape index (κ1) is 15.9. The predicted octanol–water partition coefficient (Wildman–Crippen LogP) is -2.90. The normalized spacial score (nSPS) is 11.8. The van der Waals surface area contributed by atoms with Crippen LogP contribution < -0.4 is 40.1 Å². The van der Waals surface area contributed by atoms with Gasteiger partial charge in [-0.15, -0.1) is 0 Å². The molecule has 1 aromatic carbocycles. The Balaban J connectivity index is 0.00000180. The molecule has 0 aliphatic rings. The molecule has 0 amide bonds. The fourth-order valence-corrected chi connectivity index (χ4v) is 1.82. The molecule has 1 atom stereocenters. The van der Waals surface area contributed by atoms with Gasteiger partial charge in [-0.2, -0.15) is 0 Å². The molecule has 2 N–H and O–H groups in total. The number of carboxylic acid groups (broad SMARTS) is 1. The molecule has 0 saturated heterocycles. The fourth-order valence-electron chi connectivity index (χ4n) is 1.82. The van der Waals surface area contributed by atoms with Gasteiger partial charge in [0.1, 0.15) is 0 Å². The van der Waals surface area contributed by atoms with Gasteiger partial charge in [0.15, 0.2) is 5.43 Å². The summed E-state index contributed by atoms with van der Waals surface area (Å²) in [6.45, 7) is 0. The number of nitrogens with one attached hydrogen (secondary N) is 1.